The highest BCUT2D eigenvalue weighted by Crippen LogP contribution is 2.16. The maximum Gasteiger partial charge on any atom is 0.182 e. The second-order valence-electron chi connectivity index (χ2n) is 3.15. The van der Waals surface area contributed by atoms with E-state index in [0.717, 1.165) is 12.8 Å². The molecule has 1 N–H and O–H groups in total. The Labute approximate surface area is 82.3 Å². The van der Waals surface area contributed by atoms with Gasteiger partial charge in [0.15, 0.2) is 11.5 Å². The van der Waals surface area contributed by atoms with Gasteiger partial charge in [0.2, 0.25) is 0 Å². The summed E-state index contributed by atoms with van der Waals surface area (Å²) in [4.78, 5) is 8.02. The van der Waals surface area contributed by atoms with Crippen LogP contribution in [0, 0.1) is 11.3 Å². The fraction of sp³-hybridized carbons (Fsp3) is 0.300. The lowest BCUT2D eigenvalue weighted by molar-refractivity contribution is 0.778. The van der Waals surface area contributed by atoms with Crippen molar-refractivity contribution < 1.29 is 0 Å². The Kier molecular flexibility index (Phi) is 2.41. The van der Waals surface area contributed by atoms with Gasteiger partial charge in [0, 0.05) is 18.4 Å². The number of hydrogen-bond donors (Lipinski definition) is 1. The van der Waals surface area contributed by atoms with E-state index in [0.29, 0.717) is 17.6 Å². The smallest absolute Gasteiger partial charge is 0.182 e. The van der Waals surface area contributed by atoms with Crippen LogP contribution in [0.5, 0.6) is 0 Å². The maximum absolute atomic E-state index is 8.78. The van der Waals surface area contributed by atoms with Crippen molar-refractivity contribution in [3.63, 3.8) is 0 Å². The van der Waals surface area contributed by atoms with Crippen molar-refractivity contribution >= 4 is 5.82 Å². The zero-order chi connectivity index (χ0) is 9.80. The third-order valence-corrected chi connectivity index (χ3v) is 2.15. The Morgan fingerprint density at radius 3 is 2.71 bits per heavy atom. The van der Waals surface area contributed by atoms with E-state index in [1.165, 1.54) is 6.20 Å². The number of nitrogens with one attached hydrogen (secondary N) is 1. The highest BCUT2D eigenvalue weighted by Gasteiger charge is 2.12. The normalized spacial score (nSPS) is 15.4. The van der Waals surface area contributed by atoms with Crippen LogP contribution >= 0.6 is 0 Å². The van der Waals surface area contributed by atoms with Crippen LogP contribution in [0.4, 0.5) is 5.82 Å². The van der Waals surface area contributed by atoms with Crippen LogP contribution in [-0.2, 0) is 0 Å². The summed E-state index contributed by atoms with van der Waals surface area (Å²) in [6.07, 6.45) is 9.34. The summed E-state index contributed by atoms with van der Waals surface area (Å²) in [7, 11) is 0. The number of hydrogen-bond acceptors (Lipinski definition) is 4. The molecule has 70 valence electrons. The first-order valence-corrected chi connectivity index (χ1v) is 4.53. The SMILES string of the molecule is N#Cc1nccnc1NC1CC=CC1. The largest absolute Gasteiger partial charge is 0.364 e. The van der Waals surface area contributed by atoms with Gasteiger partial charge < -0.3 is 5.32 Å². The molecule has 1 aliphatic rings. The molecule has 4 nitrogen and oxygen atoms in total. The minimum atomic E-state index is 0.360. The lowest BCUT2D eigenvalue weighted by atomic mass is 10.2. The van der Waals surface area contributed by atoms with Crippen molar-refractivity contribution in [2.75, 3.05) is 5.32 Å². The minimum Gasteiger partial charge on any atom is -0.364 e. The van der Waals surface area contributed by atoms with Crippen molar-refractivity contribution in [3.05, 3.63) is 30.2 Å². The molecule has 0 spiro atoms. The molecular formula is C10H10N4. The molecule has 0 radical (unpaired) electrons. The van der Waals surface area contributed by atoms with E-state index in [1.807, 2.05) is 6.07 Å². The molecule has 1 aromatic rings. The van der Waals surface area contributed by atoms with Gasteiger partial charge in [-0.3, -0.25) is 0 Å². The molecule has 0 aromatic carbocycles. The Bertz CT molecular complexity index is 383. The van der Waals surface area contributed by atoms with Crippen molar-refractivity contribution in [3.8, 4) is 6.07 Å². The fourth-order valence-electron chi connectivity index (χ4n) is 1.45. The van der Waals surface area contributed by atoms with Crippen LogP contribution in [0.15, 0.2) is 24.5 Å². The predicted octanol–water partition coefficient (Wildman–Crippen LogP) is 1.48. The average molecular weight is 186 g/mol. The summed E-state index contributed by atoms with van der Waals surface area (Å²) >= 11 is 0. The van der Waals surface area contributed by atoms with Gasteiger partial charge in [-0.1, -0.05) is 12.2 Å². The number of anilines is 1. The van der Waals surface area contributed by atoms with Gasteiger partial charge in [0.25, 0.3) is 0 Å². The van der Waals surface area contributed by atoms with E-state index in [2.05, 4.69) is 27.4 Å². The van der Waals surface area contributed by atoms with Crippen molar-refractivity contribution in [1.29, 1.82) is 5.26 Å². The quantitative estimate of drug-likeness (QED) is 0.710. The number of nitrogens with zero attached hydrogens (tertiary/aromatic N) is 3. The van der Waals surface area contributed by atoms with E-state index in [-0.39, 0.29) is 0 Å². The third-order valence-electron chi connectivity index (χ3n) is 2.15. The van der Waals surface area contributed by atoms with Gasteiger partial charge in [-0.15, -0.1) is 0 Å². The third kappa shape index (κ3) is 1.72. The Morgan fingerprint density at radius 1 is 1.29 bits per heavy atom. The van der Waals surface area contributed by atoms with Crippen molar-refractivity contribution in [2.24, 2.45) is 0 Å². The summed E-state index contributed by atoms with van der Waals surface area (Å²) < 4.78 is 0. The van der Waals surface area contributed by atoms with Crippen LogP contribution < -0.4 is 5.32 Å². The molecule has 0 saturated carbocycles. The van der Waals surface area contributed by atoms with Crippen molar-refractivity contribution in [1.82, 2.24) is 9.97 Å². The summed E-state index contributed by atoms with van der Waals surface area (Å²) in [5.41, 5.74) is 0.361. The zero-order valence-corrected chi connectivity index (χ0v) is 7.64. The Morgan fingerprint density at radius 2 is 2.00 bits per heavy atom. The van der Waals surface area contributed by atoms with Gasteiger partial charge in [-0.25, -0.2) is 9.97 Å². The number of nitriles is 1. The molecule has 14 heavy (non-hydrogen) atoms. The molecule has 2 rings (SSSR count). The molecule has 4 heteroatoms. The summed E-state index contributed by atoms with van der Waals surface area (Å²) in [6.45, 7) is 0. The zero-order valence-electron chi connectivity index (χ0n) is 7.64. The first-order valence-electron chi connectivity index (χ1n) is 4.53. The molecule has 0 atom stereocenters. The lowest BCUT2D eigenvalue weighted by Gasteiger charge is -2.12. The second kappa shape index (κ2) is 3.88. The van der Waals surface area contributed by atoms with Crippen LogP contribution in [0.3, 0.4) is 0 Å². The molecule has 1 heterocycles. The number of aromatic nitrogens is 2. The van der Waals surface area contributed by atoms with Gasteiger partial charge in [0.05, 0.1) is 0 Å². The Balaban J connectivity index is 2.12. The first kappa shape index (κ1) is 8.70. The van der Waals surface area contributed by atoms with E-state index >= 15 is 0 Å². The van der Waals surface area contributed by atoms with E-state index < -0.39 is 0 Å². The van der Waals surface area contributed by atoms with Crippen LogP contribution in [0.2, 0.25) is 0 Å². The minimum absolute atomic E-state index is 0.360. The van der Waals surface area contributed by atoms with E-state index in [9.17, 15) is 0 Å². The Hall–Kier alpha value is -1.89. The van der Waals surface area contributed by atoms with Gasteiger partial charge in [0.1, 0.15) is 6.07 Å². The molecular weight excluding hydrogens is 176 g/mol. The summed E-state index contributed by atoms with van der Waals surface area (Å²) in [5, 5.41) is 12.0. The standard InChI is InChI=1S/C10H10N4/c11-7-9-10(13-6-5-12-9)14-8-3-1-2-4-8/h1-2,5-6,8H,3-4H2,(H,13,14). The maximum atomic E-state index is 8.78. The van der Waals surface area contributed by atoms with Crippen molar-refractivity contribution in [2.45, 2.75) is 18.9 Å². The van der Waals surface area contributed by atoms with E-state index in [4.69, 9.17) is 5.26 Å². The number of rotatable bonds is 2. The lowest BCUT2D eigenvalue weighted by Crippen LogP contribution is -2.17. The molecule has 0 saturated heterocycles. The molecule has 0 aliphatic heterocycles. The van der Waals surface area contributed by atoms with Gasteiger partial charge >= 0.3 is 0 Å². The molecule has 0 bridgehead atoms. The van der Waals surface area contributed by atoms with Gasteiger partial charge in [-0.2, -0.15) is 5.26 Å². The average Bonchev–Trinajstić information content (AvgIpc) is 2.71. The highest BCUT2D eigenvalue weighted by molar-refractivity contribution is 5.47. The second-order valence-corrected chi connectivity index (χ2v) is 3.15. The fourth-order valence-corrected chi connectivity index (χ4v) is 1.45. The summed E-state index contributed by atoms with van der Waals surface area (Å²) in [6, 6.07) is 2.37. The molecule has 0 unspecified atom stereocenters. The van der Waals surface area contributed by atoms with Crippen LogP contribution in [0.25, 0.3) is 0 Å². The van der Waals surface area contributed by atoms with Crippen LogP contribution in [0.1, 0.15) is 18.5 Å². The highest BCUT2D eigenvalue weighted by atomic mass is 15.0. The molecule has 1 aromatic heterocycles. The predicted molar refractivity (Wildman–Crippen MR) is 52.5 cm³/mol. The monoisotopic (exact) mass is 186 g/mol. The molecule has 0 fully saturated rings. The summed E-state index contributed by atoms with van der Waals surface area (Å²) in [5.74, 6) is 0.587. The van der Waals surface area contributed by atoms with Gasteiger partial charge in [-0.05, 0) is 12.8 Å². The molecule has 0 amide bonds. The molecule has 1 aliphatic carbocycles. The van der Waals surface area contributed by atoms with Crippen LogP contribution in [-0.4, -0.2) is 16.0 Å². The first-order chi connectivity index (χ1) is 6.90. The van der Waals surface area contributed by atoms with E-state index in [1.54, 1.807) is 6.20 Å². The topological polar surface area (TPSA) is 61.6 Å².